The average Bonchev–Trinajstić information content (AvgIpc) is 2.69. The van der Waals surface area contributed by atoms with Crippen LogP contribution in [-0.4, -0.2) is 25.5 Å². The Hall–Kier alpha value is -1.62. The molecule has 0 spiro atoms. The molecule has 5 heteroatoms. The SMILES string of the molecule is Cc1ccc2c(c1)c1nnc(SCC(C)C)nc1n2C. The fourth-order valence-electron chi connectivity index (χ4n) is 2.26. The molecule has 0 unspecified atom stereocenters. The van der Waals surface area contributed by atoms with Gasteiger partial charge in [-0.1, -0.05) is 37.2 Å². The van der Waals surface area contributed by atoms with Crippen molar-refractivity contribution in [1.29, 1.82) is 0 Å². The predicted octanol–water partition coefficient (Wildman–Crippen LogP) is 3.57. The summed E-state index contributed by atoms with van der Waals surface area (Å²) in [5.74, 6) is 1.63. The second kappa shape index (κ2) is 5.05. The maximum absolute atomic E-state index is 4.67. The zero-order chi connectivity index (χ0) is 14.3. The van der Waals surface area contributed by atoms with Crippen molar-refractivity contribution < 1.29 is 0 Å². The largest absolute Gasteiger partial charge is 0.327 e. The van der Waals surface area contributed by atoms with Crippen LogP contribution in [0.25, 0.3) is 22.1 Å². The molecule has 0 radical (unpaired) electrons. The lowest BCUT2D eigenvalue weighted by molar-refractivity contribution is 0.745. The average molecular weight is 286 g/mol. The van der Waals surface area contributed by atoms with Gasteiger partial charge in [-0.2, -0.15) is 0 Å². The normalized spacial score (nSPS) is 11.8. The number of aromatic nitrogens is 4. The molecule has 0 saturated carbocycles. The van der Waals surface area contributed by atoms with Crippen LogP contribution in [0.4, 0.5) is 0 Å². The maximum Gasteiger partial charge on any atom is 0.211 e. The quantitative estimate of drug-likeness (QED) is 0.690. The molecule has 2 heterocycles. The molecule has 0 N–H and O–H groups in total. The number of rotatable bonds is 3. The van der Waals surface area contributed by atoms with Crippen molar-refractivity contribution in [2.45, 2.75) is 25.9 Å². The number of fused-ring (bicyclic) bond motifs is 3. The van der Waals surface area contributed by atoms with E-state index < -0.39 is 0 Å². The van der Waals surface area contributed by atoms with E-state index in [0.29, 0.717) is 5.92 Å². The molecule has 0 saturated heterocycles. The summed E-state index contributed by atoms with van der Waals surface area (Å²) < 4.78 is 2.10. The Balaban J connectivity index is 2.14. The highest BCUT2D eigenvalue weighted by Crippen LogP contribution is 2.27. The summed E-state index contributed by atoms with van der Waals surface area (Å²) in [6.45, 7) is 6.48. The van der Waals surface area contributed by atoms with E-state index in [0.717, 1.165) is 33.0 Å². The summed E-state index contributed by atoms with van der Waals surface area (Å²) in [6, 6.07) is 6.38. The minimum atomic E-state index is 0.620. The van der Waals surface area contributed by atoms with Gasteiger partial charge in [-0.25, -0.2) is 4.98 Å². The summed E-state index contributed by atoms with van der Waals surface area (Å²) >= 11 is 1.67. The number of thioether (sulfide) groups is 1. The summed E-state index contributed by atoms with van der Waals surface area (Å²) in [5, 5.41) is 10.5. The minimum absolute atomic E-state index is 0.620. The molecule has 104 valence electrons. The summed E-state index contributed by atoms with van der Waals surface area (Å²) in [6.07, 6.45) is 0. The number of hydrogen-bond donors (Lipinski definition) is 0. The van der Waals surface area contributed by atoms with Crippen LogP contribution in [0.2, 0.25) is 0 Å². The fraction of sp³-hybridized carbons (Fsp3) is 0.400. The minimum Gasteiger partial charge on any atom is -0.327 e. The van der Waals surface area contributed by atoms with Crippen molar-refractivity contribution in [2.75, 3.05) is 5.75 Å². The standard InChI is InChI=1S/C15H18N4S/c1-9(2)8-20-15-16-14-13(17-18-15)11-7-10(3)5-6-12(11)19(14)4/h5-7,9H,8H2,1-4H3. The van der Waals surface area contributed by atoms with Crippen molar-refractivity contribution in [3.05, 3.63) is 23.8 Å². The van der Waals surface area contributed by atoms with E-state index in [4.69, 9.17) is 0 Å². The predicted molar refractivity (Wildman–Crippen MR) is 84.1 cm³/mol. The van der Waals surface area contributed by atoms with Crippen LogP contribution >= 0.6 is 11.8 Å². The van der Waals surface area contributed by atoms with Gasteiger partial charge in [-0.3, -0.25) is 0 Å². The molecule has 2 aromatic heterocycles. The number of aryl methyl sites for hydroxylation is 2. The first-order valence-electron chi connectivity index (χ1n) is 6.78. The van der Waals surface area contributed by atoms with Crippen LogP contribution in [0.3, 0.4) is 0 Å². The Bertz CT molecular complexity index is 776. The molecule has 4 nitrogen and oxygen atoms in total. The molecule has 0 aliphatic rings. The van der Waals surface area contributed by atoms with Gasteiger partial charge in [0.1, 0.15) is 5.52 Å². The first-order chi connectivity index (χ1) is 9.56. The third kappa shape index (κ3) is 2.26. The van der Waals surface area contributed by atoms with E-state index in [9.17, 15) is 0 Å². The molecule has 3 rings (SSSR count). The van der Waals surface area contributed by atoms with E-state index >= 15 is 0 Å². The van der Waals surface area contributed by atoms with Crippen LogP contribution in [-0.2, 0) is 7.05 Å². The summed E-state index contributed by atoms with van der Waals surface area (Å²) in [7, 11) is 2.03. The van der Waals surface area contributed by atoms with Crippen molar-refractivity contribution >= 4 is 33.8 Å². The maximum atomic E-state index is 4.67. The molecular weight excluding hydrogens is 268 g/mol. The van der Waals surface area contributed by atoms with Crippen LogP contribution in [0, 0.1) is 12.8 Å². The molecule has 0 aliphatic carbocycles. The van der Waals surface area contributed by atoms with Crippen molar-refractivity contribution in [2.24, 2.45) is 13.0 Å². The second-order valence-corrected chi connectivity index (χ2v) is 6.54. The second-order valence-electron chi connectivity index (χ2n) is 5.55. The number of nitrogens with zero attached hydrogens (tertiary/aromatic N) is 4. The van der Waals surface area contributed by atoms with Crippen molar-refractivity contribution in [1.82, 2.24) is 19.7 Å². The van der Waals surface area contributed by atoms with Gasteiger partial charge >= 0.3 is 0 Å². The Morgan fingerprint density at radius 2 is 2.05 bits per heavy atom. The highest BCUT2D eigenvalue weighted by molar-refractivity contribution is 7.99. The van der Waals surface area contributed by atoms with E-state index in [-0.39, 0.29) is 0 Å². The highest BCUT2D eigenvalue weighted by Gasteiger charge is 2.13. The van der Waals surface area contributed by atoms with Crippen LogP contribution in [0.15, 0.2) is 23.4 Å². The number of hydrogen-bond acceptors (Lipinski definition) is 4. The van der Waals surface area contributed by atoms with E-state index in [1.54, 1.807) is 11.8 Å². The van der Waals surface area contributed by atoms with E-state index in [1.807, 2.05) is 7.05 Å². The lowest BCUT2D eigenvalue weighted by Gasteiger charge is -2.02. The number of benzene rings is 1. The van der Waals surface area contributed by atoms with Gasteiger partial charge in [0, 0.05) is 18.2 Å². The molecule has 0 aliphatic heterocycles. The van der Waals surface area contributed by atoms with Crippen LogP contribution < -0.4 is 0 Å². The molecule has 0 amide bonds. The first kappa shape index (κ1) is 13.4. The van der Waals surface area contributed by atoms with Gasteiger partial charge in [-0.05, 0) is 25.0 Å². The van der Waals surface area contributed by atoms with Gasteiger partial charge in [0.05, 0.1) is 5.52 Å². The molecule has 1 aromatic carbocycles. The molecule has 0 atom stereocenters. The molecule has 0 fully saturated rings. The van der Waals surface area contributed by atoms with Gasteiger partial charge in [0.25, 0.3) is 0 Å². The lowest BCUT2D eigenvalue weighted by atomic mass is 10.2. The Kier molecular flexibility index (Phi) is 3.38. The first-order valence-corrected chi connectivity index (χ1v) is 7.77. The summed E-state index contributed by atoms with van der Waals surface area (Å²) in [5.41, 5.74) is 4.18. The smallest absolute Gasteiger partial charge is 0.211 e. The molecule has 20 heavy (non-hydrogen) atoms. The zero-order valence-corrected chi connectivity index (χ0v) is 13.0. The topological polar surface area (TPSA) is 43.6 Å². The molecule has 3 aromatic rings. The van der Waals surface area contributed by atoms with E-state index in [1.165, 1.54) is 5.56 Å². The van der Waals surface area contributed by atoms with Crippen LogP contribution in [0.1, 0.15) is 19.4 Å². The Morgan fingerprint density at radius 1 is 1.25 bits per heavy atom. The van der Waals surface area contributed by atoms with Gasteiger partial charge in [0.2, 0.25) is 5.16 Å². The third-order valence-corrected chi connectivity index (χ3v) is 4.55. The van der Waals surface area contributed by atoms with Crippen molar-refractivity contribution in [3.8, 4) is 0 Å². The monoisotopic (exact) mass is 286 g/mol. The third-order valence-electron chi connectivity index (χ3n) is 3.28. The molecular formula is C15H18N4S. The Labute approximate surface area is 122 Å². The van der Waals surface area contributed by atoms with Gasteiger partial charge in [0.15, 0.2) is 5.65 Å². The highest BCUT2D eigenvalue weighted by atomic mass is 32.2. The Morgan fingerprint density at radius 3 is 2.80 bits per heavy atom. The van der Waals surface area contributed by atoms with Crippen LogP contribution in [0.5, 0.6) is 0 Å². The van der Waals surface area contributed by atoms with Gasteiger partial charge < -0.3 is 4.57 Å². The van der Waals surface area contributed by atoms with E-state index in [2.05, 4.69) is 58.7 Å². The van der Waals surface area contributed by atoms with Crippen molar-refractivity contribution in [3.63, 3.8) is 0 Å². The fourth-order valence-corrected chi connectivity index (χ4v) is 2.99. The zero-order valence-electron chi connectivity index (χ0n) is 12.2. The molecule has 0 bridgehead atoms. The lowest BCUT2D eigenvalue weighted by Crippen LogP contribution is -1.98. The van der Waals surface area contributed by atoms with Gasteiger partial charge in [-0.15, -0.1) is 10.2 Å². The summed E-state index contributed by atoms with van der Waals surface area (Å²) in [4.78, 5) is 4.67.